The zero-order valence-corrected chi connectivity index (χ0v) is 30.9. The summed E-state index contributed by atoms with van der Waals surface area (Å²) in [6.07, 6.45) is 0. The fourth-order valence-electron chi connectivity index (χ4n) is 7.92. The van der Waals surface area contributed by atoms with Crippen molar-refractivity contribution in [3.8, 4) is 56.8 Å². The Kier molecular flexibility index (Phi) is 6.96. The van der Waals surface area contributed by atoms with Gasteiger partial charge in [0, 0.05) is 53.9 Å². The molecule has 0 saturated carbocycles. The molecule has 5 aromatic heterocycles. The molecule has 0 atom stereocenters. The molecule has 0 aliphatic rings. The van der Waals surface area contributed by atoms with E-state index in [-0.39, 0.29) is 0 Å². The van der Waals surface area contributed by atoms with Crippen LogP contribution in [0.3, 0.4) is 0 Å². The summed E-state index contributed by atoms with van der Waals surface area (Å²) in [5, 5.41) is 4.99. The second kappa shape index (κ2) is 12.5. The lowest BCUT2D eigenvalue weighted by Gasteiger charge is -2.10. The first-order valence-corrected chi connectivity index (χ1v) is 19.5. The van der Waals surface area contributed by atoms with Crippen LogP contribution in [0.4, 0.5) is 0 Å². The van der Waals surface area contributed by atoms with Gasteiger partial charge in [0.2, 0.25) is 0 Å². The van der Waals surface area contributed by atoms with Gasteiger partial charge in [-0.05, 0) is 42.5 Å². The first-order valence-electron chi connectivity index (χ1n) is 18.7. The number of aromatic nitrogens is 5. The zero-order valence-electron chi connectivity index (χ0n) is 30.0. The molecule has 7 nitrogen and oxygen atoms in total. The van der Waals surface area contributed by atoms with Gasteiger partial charge in [-0.1, -0.05) is 121 Å². The van der Waals surface area contributed by atoms with Crippen LogP contribution in [-0.2, 0) is 0 Å². The maximum atomic E-state index is 6.51. The van der Waals surface area contributed by atoms with Crippen molar-refractivity contribution in [2.24, 2.45) is 0 Å². The second-order valence-corrected chi connectivity index (χ2v) is 15.0. The summed E-state index contributed by atoms with van der Waals surface area (Å²) < 4.78 is 15.2. The number of rotatable bonds is 5. The van der Waals surface area contributed by atoms with Gasteiger partial charge < -0.3 is 8.83 Å². The Hall–Kier alpha value is -7.55. The molecule has 0 aliphatic heterocycles. The maximum Gasteiger partial charge on any atom is 0.167 e. The highest BCUT2D eigenvalue weighted by atomic mass is 32.1. The molecule has 8 heteroatoms. The first-order chi connectivity index (χ1) is 28.2. The molecule has 57 heavy (non-hydrogen) atoms. The number of hydrogen-bond acceptors (Lipinski definition) is 8. The second-order valence-electron chi connectivity index (χ2n) is 14.0. The minimum absolute atomic E-state index is 0.520. The molecule has 12 aromatic rings. The molecule has 0 amide bonds. The van der Waals surface area contributed by atoms with Crippen molar-refractivity contribution in [3.63, 3.8) is 0 Å². The average Bonchev–Trinajstić information content (AvgIpc) is 3.97. The van der Waals surface area contributed by atoms with Crippen LogP contribution >= 0.6 is 11.3 Å². The third kappa shape index (κ3) is 5.08. The third-order valence-electron chi connectivity index (χ3n) is 10.6. The van der Waals surface area contributed by atoms with Gasteiger partial charge in [0.1, 0.15) is 22.3 Å². The predicted octanol–water partition coefficient (Wildman–Crippen LogP) is 13.2. The number of hydrogen-bond donors (Lipinski definition) is 0. The summed E-state index contributed by atoms with van der Waals surface area (Å²) >= 11 is 1.73. The van der Waals surface area contributed by atoms with E-state index < -0.39 is 0 Å². The maximum absolute atomic E-state index is 6.51. The summed E-state index contributed by atoms with van der Waals surface area (Å²) in [7, 11) is 0. The monoisotopic (exact) mass is 749 g/mol. The summed E-state index contributed by atoms with van der Waals surface area (Å²) in [6, 6.07) is 55.1. The topological polar surface area (TPSA) is 90.7 Å². The van der Waals surface area contributed by atoms with Gasteiger partial charge in [-0.25, -0.2) is 24.9 Å². The lowest BCUT2D eigenvalue weighted by Crippen LogP contribution is -2.00. The van der Waals surface area contributed by atoms with E-state index in [0.29, 0.717) is 23.3 Å². The highest BCUT2D eigenvalue weighted by molar-refractivity contribution is 7.26. The van der Waals surface area contributed by atoms with Crippen molar-refractivity contribution in [2.75, 3.05) is 0 Å². The zero-order chi connectivity index (χ0) is 37.5. The number of furan rings is 2. The fraction of sp³-hybridized carbons (Fsp3) is 0. The Morgan fingerprint density at radius 3 is 1.88 bits per heavy atom. The molecule has 0 fully saturated rings. The van der Waals surface area contributed by atoms with Crippen LogP contribution < -0.4 is 0 Å². The van der Waals surface area contributed by atoms with Gasteiger partial charge in [0.25, 0.3) is 0 Å². The van der Waals surface area contributed by atoms with Crippen LogP contribution in [-0.4, -0.2) is 24.9 Å². The quantitative estimate of drug-likeness (QED) is 0.173. The number of nitrogens with zero attached hydrogens (tertiary/aromatic N) is 5. The van der Waals surface area contributed by atoms with Crippen molar-refractivity contribution in [2.45, 2.75) is 0 Å². The van der Waals surface area contributed by atoms with Gasteiger partial charge >= 0.3 is 0 Å². The van der Waals surface area contributed by atoms with E-state index >= 15 is 0 Å². The van der Waals surface area contributed by atoms with Gasteiger partial charge in [-0.3, -0.25) is 0 Å². The minimum atomic E-state index is 0.520. The van der Waals surface area contributed by atoms with E-state index in [4.69, 9.17) is 33.8 Å². The van der Waals surface area contributed by atoms with Crippen molar-refractivity contribution in [3.05, 3.63) is 164 Å². The molecular formula is C49H27N5O2S. The minimum Gasteiger partial charge on any atom is -0.456 e. The number of benzene rings is 7. The van der Waals surface area contributed by atoms with Crippen LogP contribution in [0.1, 0.15) is 0 Å². The van der Waals surface area contributed by atoms with E-state index in [9.17, 15) is 0 Å². The van der Waals surface area contributed by atoms with Crippen LogP contribution in [0.15, 0.2) is 173 Å². The SMILES string of the molecule is c1ccc(-c2nc(-c3cccc4c3oc3ccccc34)nc(-c3cccc4oc5ccc(-c6nc(-c7ccccc7)c7sc8ccccc8c7n6)cc5c34)n2)cc1. The van der Waals surface area contributed by atoms with Gasteiger partial charge in [-0.2, -0.15) is 0 Å². The standard InChI is InChI=1S/C49H27N5O2S/c1-3-13-28(14-4-1)42-45-43(33-18-8-10-24-40(33)57-45)51-47(50-42)30-25-26-38-36(27-30)41-34(20-12-23-39(41)55-38)48-52-46(29-15-5-2-6-16-29)53-49(54-48)35-21-11-19-32-31-17-7-9-22-37(31)56-44(32)35/h1-27H. The molecule has 0 unspecified atom stereocenters. The van der Waals surface area contributed by atoms with Crippen LogP contribution in [0, 0.1) is 0 Å². The predicted molar refractivity (Wildman–Crippen MR) is 230 cm³/mol. The molecular weight excluding hydrogens is 723 g/mol. The summed E-state index contributed by atoms with van der Waals surface area (Å²) in [5.41, 5.74) is 9.32. The number of thiophene rings is 1. The molecule has 0 radical (unpaired) electrons. The molecule has 7 aromatic carbocycles. The normalized spacial score (nSPS) is 11.9. The lowest BCUT2D eigenvalue weighted by atomic mass is 10.0. The van der Waals surface area contributed by atoms with Crippen molar-refractivity contribution >= 4 is 75.5 Å². The van der Waals surface area contributed by atoms with Crippen molar-refractivity contribution < 1.29 is 8.83 Å². The van der Waals surface area contributed by atoms with E-state index in [2.05, 4.69) is 54.6 Å². The smallest absolute Gasteiger partial charge is 0.167 e. The Bertz CT molecular complexity index is 3540. The Balaban J connectivity index is 1.08. The van der Waals surface area contributed by atoms with E-state index in [1.165, 1.54) is 4.70 Å². The Morgan fingerprint density at radius 2 is 1.02 bits per heavy atom. The van der Waals surface area contributed by atoms with Gasteiger partial charge in [-0.15, -0.1) is 11.3 Å². The van der Waals surface area contributed by atoms with Crippen LogP contribution in [0.2, 0.25) is 0 Å². The number of fused-ring (bicyclic) bond motifs is 9. The van der Waals surface area contributed by atoms with E-state index in [1.807, 2.05) is 109 Å². The summed E-state index contributed by atoms with van der Waals surface area (Å²) in [4.78, 5) is 25.8. The van der Waals surface area contributed by atoms with Gasteiger partial charge in [0.15, 0.2) is 23.3 Å². The lowest BCUT2D eigenvalue weighted by molar-refractivity contribution is 0.668. The molecule has 0 aliphatic carbocycles. The highest BCUT2D eigenvalue weighted by Crippen LogP contribution is 2.42. The molecule has 0 spiro atoms. The number of para-hydroxylation sites is 2. The molecule has 5 heterocycles. The molecule has 0 N–H and O–H groups in total. The summed E-state index contributed by atoms with van der Waals surface area (Å²) in [6.45, 7) is 0. The molecule has 0 bridgehead atoms. The van der Waals surface area contributed by atoms with Crippen molar-refractivity contribution in [1.29, 1.82) is 0 Å². The third-order valence-corrected chi connectivity index (χ3v) is 11.7. The van der Waals surface area contributed by atoms with Crippen LogP contribution in [0.25, 0.3) is 121 Å². The first kappa shape index (κ1) is 31.8. The van der Waals surface area contributed by atoms with Crippen molar-refractivity contribution in [1.82, 2.24) is 24.9 Å². The van der Waals surface area contributed by atoms with E-state index in [0.717, 1.165) is 93.0 Å². The molecule has 266 valence electrons. The highest BCUT2D eigenvalue weighted by Gasteiger charge is 2.22. The fourth-order valence-corrected chi connectivity index (χ4v) is 9.07. The van der Waals surface area contributed by atoms with Gasteiger partial charge in [0.05, 0.1) is 21.5 Å². The largest absolute Gasteiger partial charge is 0.456 e. The molecule has 12 rings (SSSR count). The van der Waals surface area contributed by atoms with E-state index in [1.54, 1.807) is 11.3 Å². The average molecular weight is 750 g/mol. The van der Waals surface area contributed by atoms with Crippen LogP contribution in [0.5, 0.6) is 0 Å². The Labute approximate surface area is 328 Å². The molecule has 0 saturated heterocycles. The summed E-state index contributed by atoms with van der Waals surface area (Å²) in [5.74, 6) is 2.25. The Morgan fingerprint density at radius 1 is 0.386 bits per heavy atom.